The second kappa shape index (κ2) is 7.00. The molecule has 3 rings (SSSR count). The lowest BCUT2D eigenvalue weighted by atomic mass is 9.69. The van der Waals surface area contributed by atoms with Gasteiger partial charge in [-0.05, 0) is 55.1 Å². The van der Waals surface area contributed by atoms with Gasteiger partial charge in [0.25, 0.3) is 0 Å². The van der Waals surface area contributed by atoms with Crippen molar-refractivity contribution >= 4 is 16.8 Å². The third-order valence-corrected chi connectivity index (χ3v) is 5.69. The number of fused-ring (bicyclic) bond motifs is 1. The van der Waals surface area contributed by atoms with Crippen LogP contribution in [0.25, 0.3) is 10.9 Å². The zero-order valence-electron chi connectivity index (χ0n) is 15.2. The molecule has 1 aromatic heterocycles. The number of nitrogens with one attached hydrogen (secondary N) is 2. The highest BCUT2D eigenvalue weighted by Gasteiger charge is 2.32. The Morgan fingerprint density at radius 3 is 2.58 bits per heavy atom. The Hall–Kier alpha value is -1.77. The summed E-state index contributed by atoms with van der Waals surface area (Å²) in [5.41, 5.74) is 2.82. The Morgan fingerprint density at radius 1 is 1.17 bits per heavy atom. The number of H-pyrrole nitrogens is 1. The predicted octanol–water partition coefficient (Wildman–Crippen LogP) is 4.68. The fourth-order valence-electron chi connectivity index (χ4n) is 4.02. The molecule has 1 aliphatic carbocycles. The summed E-state index contributed by atoms with van der Waals surface area (Å²) >= 11 is 0. The smallest absolute Gasteiger partial charge is 0.223 e. The van der Waals surface area contributed by atoms with Gasteiger partial charge in [-0.1, -0.05) is 39.0 Å². The van der Waals surface area contributed by atoms with Crippen LogP contribution in [-0.4, -0.2) is 17.4 Å². The maximum absolute atomic E-state index is 12.4. The molecule has 0 spiro atoms. The molecule has 1 aromatic carbocycles. The average molecular weight is 326 g/mol. The van der Waals surface area contributed by atoms with Gasteiger partial charge in [-0.3, -0.25) is 4.79 Å². The third-order valence-electron chi connectivity index (χ3n) is 5.69. The van der Waals surface area contributed by atoms with Gasteiger partial charge < -0.3 is 10.3 Å². The number of carbonyl (C=O) groups is 1. The van der Waals surface area contributed by atoms with Crippen LogP contribution in [0.4, 0.5) is 0 Å². The van der Waals surface area contributed by atoms with E-state index >= 15 is 0 Å². The zero-order chi connectivity index (χ0) is 17.2. The van der Waals surface area contributed by atoms with Gasteiger partial charge in [-0.15, -0.1) is 0 Å². The number of hydrogen-bond donors (Lipinski definition) is 2. The van der Waals surface area contributed by atoms with E-state index in [1.54, 1.807) is 0 Å². The van der Waals surface area contributed by atoms with Crippen LogP contribution in [0, 0.1) is 17.3 Å². The van der Waals surface area contributed by atoms with E-state index < -0.39 is 0 Å². The summed E-state index contributed by atoms with van der Waals surface area (Å²) < 4.78 is 0. The van der Waals surface area contributed by atoms with Crippen molar-refractivity contribution in [1.29, 1.82) is 0 Å². The number of amides is 1. The molecule has 0 saturated heterocycles. The summed E-state index contributed by atoms with van der Waals surface area (Å²) in [6.07, 6.45) is 7.40. The van der Waals surface area contributed by atoms with Crippen LogP contribution in [-0.2, 0) is 11.2 Å². The molecule has 1 aliphatic rings. The molecular formula is C21H30N2O. The molecule has 2 N–H and O–H groups in total. The van der Waals surface area contributed by atoms with Crippen LogP contribution in [0.3, 0.4) is 0 Å². The van der Waals surface area contributed by atoms with Gasteiger partial charge in [0, 0.05) is 29.6 Å². The van der Waals surface area contributed by atoms with Crippen molar-refractivity contribution in [3.8, 4) is 0 Å². The average Bonchev–Trinajstić information content (AvgIpc) is 2.97. The fraction of sp³-hybridized carbons (Fsp3) is 0.571. The van der Waals surface area contributed by atoms with Crippen LogP contribution >= 0.6 is 0 Å². The van der Waals surface area contributed by atoms with E-state index in [0.29, 0.717) is 5.41 Å². The normalized spacial score (nSPS) is 21.8. The van der Waals surface area contributed by atoms with Crippen LogP contribution in [0.15, 0.2) is 30.5 Å². The zero-order valence-corrected chi connectivity index (χ0v) is 15.2. The SMILES string of the molecule is CC(C)(C)C1CCC(C(=O)NCCc2c[nH]c3ccccc23)CC1. The summed E-state index contributed by atoms with van der Waals surface area (Å²) in [4.78, 5) is 15.7. The van der Waals surface area contributed by atoms with Gasteiger partial charge in [-0.25, -0.2) is 0 Å². The number of carbonyl (C=O) groups excluding carboxylic acids is 1. The minimum absolute atomic E-state index is 0.214. The molecule has 24 heavy (non-hydrogen) atoms. The largest absolute Gasteiger partial charge is 0.361 e. The molecule has 0 unspecified atom stereocenters. The van der Waals surface area contributed by atoms with Gasteiger partial charge in [0.2, 0.25) is 5.91 Å². The standard InChI is InChI=1S/C21H30N2O/c1-21(2,3)17-10-8-15(9-11-17)20(24)22-13-12-16-14-23-19-7-5-4-6-18(16)19/h4-7,14-15,17,23H,8-13H2,1-3H3,(H,22,24). The summed E-state index contributed by atoms with van der Waals surface area (Å²) in [7, 11) is 0. The Labute approximate surface area is 145 Å². The van der Waals surface area contributed by atoms with Gasteiger partial charge in [0.1, 0.15) is 0 Å². The van der Waals surface area contributed by atoms with Crippen LogP contribution < -0.4 is 5.32 Å². The quantitative estimate of drug-likeness (QED) is 0.842. The Morgan fingerprint density at radius 2 is 1.88 bits per heavy atom. The minimum atomic E-state index is 0.214. The second-order valence-electron chi connectivity index (χ2n) is 8.32. The molecule has 3 nitrogen and oxygen atoms in total. The topological polar surface area (TPSA) is 44.9 Å². The molecule has 0 atom stereocenters. The molecule has 1 amide bonds. The lowest BCUT2D eigenvalue weighted by molar-refractivity contribution is -0.126. The van der Waals surface area contributed by atoms with Crippen molar-refractivity contribution in [2.24, 2.45) is 17.3 Å². The first-order chi connectivity index (χ1) is 11.4. The molecular weight excluding hydrogens is 296 g/mol. The third kappa shape index (κ3) is 3.82. The van der Waals surface area contributed by atoms with E-state index in [4.69, 9.17) is 0 Å². The van der Waals surface area contributed by atoms with Crippen LogP contribution in [0.2, 0.25) is 0 Å². The summed E-state index contributed by atoms with van der Waals surface area (Å²) in [6, 6.07) is 8.33. The molecule has 1 heterocycles. The van der Waals surface area contributed by atoms with E-state index in [9.17, 15) is 4.79 Å². The Balaban J connectivity index is 1.47. The Kier molecular flexibility index (Phi) is 4.98. The van der Waals surface area contributed by atoms with Crippen molar-refractivity contribution in [2.75, 3.05) is 6.54 Å². The van der Waals surface area contributed by atoms with Crippen LogP contribution in [0.5, 0.6) is 0 Å². The molecule has 1 fully saturated rings. The van der Waals surface area contributed by atoms with E-state index in [2.05, 4.69) is 55.5 Å². The first-order valence-corrected chi connectivity index (χ1v) is 9.28. The van der Waals surface area contributed by atoms with Crippen molar-refractivity contribution < 1.29 is 4.79 Å². The summed E-state index contributed by atoms with van der Waals surface area (Å²) in [5, 5.41) is 4.42. The first kappa shape index (κ1) is 17.1. The molecule has 0 aliphatic heterocycles. The van der Waals surface area contributed by atoms with E-state index in [1.807, 2.05) is 6.07 Å². The predicted molar refractivity (Wildman–Crippen MR) is 99.9 cm³/mol. The second-order valence-corrected chi connectivity index (χ2v) is 8.32. The summed E-state index contributed by atoms with van der Waals surface area (Å²) in [5.74, 6) is 1.22. The number of rotatable bonds is 4. The van der Waals surface area contributed by atoms with Crippen molar-refractivity contribution in [3.05, 3.63) is 36.0 Å². The van der Waals surface area contributed by atoms with E-state index in [0.717, 1.165) is 31.7 Å². The molecule has 0 bridgehead atoms. The number of para-hydroxylation sites is 1. The lowest BCUT2D eigenvalue weighted by Gasteiger charge is -2.36. The minimum Gasteiger partial charge on any atom is -0.361 e. The van der Waals surface area contributed by atoms with E-state index in [-0.39, 0.29) is 11.8 Å². The highest BCUT2D eigenvalue weighted by molar-refractivity contribution is 5.83. The van der Waals surface area contributed by atoms with Crippen molar-refractivity contribution in [1.82, 2.24) is 10.3 Å². The molecule has 2 aromatic rings. The molecule has 0 radical (unpaired) electrons. The monoisotopic (exact) mass is 326 g/mol. The lowest BCUT2D eigenvalue weighted by Crippen LogP contribution is -2.36. The van der Waals surface area contributed by atoms with Crippen molar-refractivity contribution in [3.63, 3.8) is 0 Å². The molecule has 3 heteroatoms. The fourth-order valence-corrected chi connectivity index (χ4v) is 4.02. The maximum Gasteiger partial charge on any atom is 0.223 e. The first-order valence-electron chi connectivity index (χ1n) is 9.28. The number of benzene rings is 1. The number of hydrogen-bond acceptors (Lipinski definition) is 1. The number of aromatic nitrogens is 1. The van der Waals surface area contributed by atoms with Crippen molar-refractivity contribution in [2.45, 2.75) is 52.9 Å². The molecule has 1 saturated carbocycles. The highest BCUT2D eigenvalue weighted by atomic mass is 16.1. The number of aromatic amines is 1. The van der Waals surface area contributed by atoms with Gasteiger partial charge in [0.05, 0.1) is 0 Å². The highest BCUT2D eigenvalue weighted by Crippen LogP contribution is 2.39. The Bertz CT molecular complexity index is 687. The maximum atomic E-state index is 12.4. The summed E-state index contributed by atoms with van der Waals surface area (Å²) in [6.45, 7) is 7.68. The van der Waals surface area contributed by atoms with Gasteiger partial charge in [0.15, 0.2) is 0 Å². The molecule has 130 valence electrons. The van der Waals surface area contributed by atoms with Gasteiger partial charge in [-0.2, -0.15) is 0 Å². The van der Waals surface area contributed by atoms with Crippen LogP contribution in [0.1, 0.15) is 52.0 Å². The van der Waals surface area contributed by atoms with Gasteiger partial charge >= 0.3 is 0 Å². The van der Waals surface area contributed by atoms with E-state index in [1.165, 1.54) is 29.3 Å².